The van der Waals surface area contributed by atoms with Crippen molar-refractivity contribution < 1.29 is 9.21 Å². The van der Waals surface area contributed by atoms with Crippen LogP contribution in [0.1, 0.15) is 11.3 Å². The number of thiazole rings is 1. The van der Waals surface area contributed by atoms with Gasteiger partial charge < -0.3 is 4.42 Å². The normalized spacial score (nSPS) is 11.0. The van der Waals surface area contributed by atoms with E-state index in [1.54, 1.807) is 11.2 Å². The zero-order chi connectivity index (χ0) is 18.6. The zero-order valence-electron chi connectivity index (χ0n) is 14.8. The molecule has 4 nitrogen and oxygen atoms in total. The first-order chi connectivity index (χ1) is 13.2. The molecule has 2 aromatic carbocycles. The van der Waals surface area contributed by atoms with E-state index in [1.165, 1.54) is 28.7 Å². The number of furan rings is 1. The number of fused-ring (bicyclic) bond motifs is 1. The molecule has 0 aliphatic carbocycles. The Labute approximate surface area is 165 Å². The van der Waals surface area contributed by atoms with Gasteiger partial charge in [0, 0.05) is 4.90 Å². The van der Waals surface area contributed by atoms with Crippen molar-refractivity contribution in [2.75, 3.05) is 10.7 Å². The highest BCUT2D eigenvalue weighted by molar-refractivity contribution is 8.00. The number of amides is 1. The Hall–Kier alpha value is -2.57. The lowest BCUT2D eigenvalue weighted by molar-refractivity contribution is -0.116. The van der Waals surface area contributed by atoms with Crippen LogP contribution in [-0.2, 0) is 11.3 Å². The van der Waals surface area contributed by atoms with Gasteiger partial charge in [0.1, 0.15) is 5.76 Å². The minimum absolute atomic E-state index is 0.0102. The first kappa shape index (κ1) is 17.8. The molecule has 0 bridgehead atoms. The molecule has 1 amide bonds. The molecule has 0 fully saturated rings. The van der Waals surface area contributed by atoms with Gasteiger partial charge in [-0.05, 0) is 43.3 Å². The molecule has 0 radical (unpaired) electrons. The molecule has 0 saturated carbocycles. The van der Waals surface area contributed by atoms with Crippen LogP contribution in [0, 0.1) is 6.92 Å². The van der Waals surface area contributed by atoms with E-state index in [4.69, 9.17) is 4.42 Å². The summed E-state index contributed by atoms with van der Waals surface area (Å²) in [6.07, 6.45) is 1.62. The number of anilines is 1. The van der Waals surface area contributed by atoms with Crippen LogP contribution >= 0.6 is 23.1 Å². The van der Waals surface area contributed by atoms with Crippen LogP contribution in [0.3, 0.4) is 0 Å². The average Bonchev–Trinajstić information content (AvgIpc) is 3.34. The Bertz CT molecular complexity index is 1010. The van der Waals surface area contributed by atoms with Crippen LogP contribution in [-0.4, -0.2) is 16.6 Å². The third kappa shape index (κ3) is 4.23. The summed E-state index contributed by atoms with van der Waals surface area (Å²) in [5.74, 6) is 1.10. The van der Waals surface area contributed by atoms with Crippen LogP contribution in [0.5, 0.6) is 0 Å². The van der Waals surface area contributed by atoms with Crippen molar-refractivity contribution in [1.82, 2.24) is 4.98 Å². The van der Waals surface area contributed by atoms with Gasteiger partial charge in [0.15, 0.2) is 5.13 Å². The minimum Gasteiger partial charge on any atom is -0.467 e. The maximum absolute atomic E-state index is 13.0. The predicted molar refractivity (Wildman–Crippen MR) is 111 cm³/mol. The summed E-state index contributed by atoms with van der Waals surface area (Å²) in [4.78, 5) is 20.5. The zero-order valence-corrected chi connectivity index (χ0v) is 16.4. The van der Waals surface area contributed by atoms with Gasteiger partial charge in [-0.1, -0.05) is 41.2 Å². The van der Waals surface area contributed by atoms with Gasteiger partial charge in [-0.3, -0.25) is 9.69 Å². The van der Waals surface area contributed by atoms with Gasteiger partial charge in [-0.2, -0.15) is 0 Å². The second-order valence-corrected chi connectivity index (χ2v) is 8.18. The quantitative estimate of drug-likeness (QED) is 0.404. The number of rotatable bonds is 6. The Morgan fingerprint density at radius 1 is 1.11 bits per heavy atom. The number of hydrogen-bond acceptors (Lipinski definition) is 5. The second kappa shape index (κ2) is 7.98. The third-order valence-electron chi connectivity index (χ3n) is 4.09. The fourth-order valence-electron chi connectivity index (χ4n) is 2.65. The van der Waals surface area contributed by atoms with Gasteiger partial charge in [0.05, 0.1) is 28.8 Å². The molecule has 27 heavy (non-hydrogen) atoms. The van der Waals surface area contributed by atoms with Crippen molar-refractivity contribution in [3.05, 3.63) is 78.3 Å². The molecule has 0 atom stereocenters. The second-order valence-electron chi connectivity index (χ2n) is 6.13. The van der Waals surface area contributed by atoms with E-state index in [0.717, 1.165) is 20.9 Å². The van der Waals surface area contributed by atoms with E-state index < -0.39 is 0 Å². The molecule has 0 unspecified atom stereocenters. The number of aryl methyl sites for hydroxylation is 1. The number of thioether (sulfide) groups is 1. The SMILES string of the molecule is Cc1ccc(SCC(=O)N(Cc2ccco2)c2nc3ccccc3s2)cc1. The molecular formula is C21H18N2O2S2. The summed E-state index contributed by atoms with van der Waals surface area (Å²) in [5, 5.41) is 0.696. The molecule has 0 saturated heterocycles. The average molecular weight is 395 g/mol. The Morgan fingerprint density at radius 2 is 1.93 bits per heavy atom. The van der Waals surface area contributed by atoms with Gasteiger partial charge in [0.25, 0.3) is 0 Å². The summed E-state index contributed by atoms with van der Waals surface area (Å²) in [5.41, 5.74) is 2.11. The highest BCUT2D eigenvalue weighted by atomic mass is 32.2. The van der Waals surface area contributed by atoms with E-state index in [9.17, 15) is 4.79 Å². The largest absolute Gasteiger partial charge is 0.467 e. The van der Waals surface area contributed by atoms with Crippen molar-refractivity contribution in [2.45, 2.75) is 18.4 Å². The predicted octanol–water partition coefficient (Wildman–Crippen LogP) is 5.52. The fourth-order valence-corrected chi connectivity index (χ4v) is 4.41. The van der Waals surface area contributed by atoms with Crippen LogP contribution < -0.4 is 4.90 Å². The number of carbonyl (C=O) groups excluding carboxylic acids is 1. The van der Waals surface area contributed by atoms with Gasteiger partial charge in [-0.15, -0.1) is 11.8 Å². The molecule has 0 N–H and O–H groups in total. The van der Waals surface area contributed by atoms with E-state index >= 15 is 0 Å². The van der Waals surface area contributed by atoms with Crippen molar-refractivity contribution in [3.8, 4) is 0 Å². The number of nitrogens with zero attached hydrogens (tertiary/aromatic N) is 2. The third-order valence-corrected chi connectivity index (χ3v) is 6.15. The number of aromatic nitrogens is 1. The lowest BCUT2D eigenvalue weighted by Gasteiger charge is -2.18. The Kier molecular flexibility index (Phi) is 5.27. The number of para-hydroxylation sites is 1. The molecular weight excluding hydrogens is 376 g/mol. The van der Waals surface area contributed by atoms with Crippen LogP contribution in [0.4, 0.5) is 5.13 Å². The molecule has 0 aliphatic heterocycles. The van der Waals surface area contributed by atoms with Gasteiger partial charge in [0.2, 0.25) is 5.91 Å². The molecule has 0 spiro atoms. The molecule has 0 aliphatic rings. The van der Waals surface area contributed by atoms with Gasteiger partial charge >= 0.3 is 0 Å². The highest BCUT2D eigenvalue weighted by Gasteiger charge is 2.21. The van der Waals surface area contributed by atoms with Crippen molar-refractivity contribution in [2.24, 2.45) is 0 Å². The minimum atomic E-state index is 0.0102. The van der Waals surface area contributed by atoms with E-state index in [0.29, 0.717) is 17.4 Å². The standard InChI is InChI=1S/C21H18N2O2S2/c1-15-8-10-17(11-9-15)26-14-20(24)23(13-16-5-4-12-25-16)21-22-18-6-2-3-7-19(18)27-21/h2-12H,13-14H2,1H3. The molecule has 4 aromatic rings. The summed E-state index contributed by atoms with van der Waals surface area (Å²) >= 11 is 3.06. The monoisotopic (exact) mass is 394 g/mol. The van der Waals surface area contributed by atoms with E-state index in [2.05, 4.69) is 24.0 Å². The fraction of sp³-hybridized carbons (Fsp3) is 0.143. The van der Waals surface area contributed by atoms with E-state index in [1.807, 2.05) is 48.5 Å². The van der Waals surface area contributed by atoms with Crippen molar-refractivity contribution in [3.63, 3.8) is 0 Å². The lowest BCUT2D eigenvalue weighted by Crippen LogP contribution is -2.31. The molecule has 4 rings (SSSR count). The van der Waals surface area contributed by atoms with Crippen molar-refractivity contribution in [1.29, 1.82) is 0 Å². The molecule has 2 heterocycles. The lowest BCUT2D eigenvalue weighted by atomic mass is 10.2. The first-order valence-corrected chi connectivity index (χ1v) is 10.4. The summed E-state index contributed by atoms with van der Waals surface area (Å²) in [7, 11) is 0. The molecule has 136 valence electrons. The van der Waals surface area contributed by atoms with Crippen LogP contribution in [0.2, 0.25) is 0 Å². The maximum Gasteiger partial charge on any atom is 0.239 e. The summed E-state index contributed by atoms with van der Waals surface area (Å²) in [6.45, 7) is 2.43. The Balaban J connectivity index is 1.56. The Morgan fingerprint density at radius 3 is 2.67 bits per heavy atom. The number of benzene rings is 2. The maximum atomic E-state index is 13.0. The van der Waals surface area contributed by atoms with Crippen LogP contribution in [0.15, 0.2) is 76.2 Å². The van der Waals surface area contributed by atoms with Crippen molar-refractivity contribution >= 4 is 44.4 Å². The topological polar surface area (TPSA) is 46.3 Å². The van der Waals surface area contributed by atoms with Gasteiger partial charge in [-0.25, -0.2) is 4.98 Å². The van der Waals surface area contributed by atoms with Crippen LogP contribution in [0.25, 0.3) is 10.2 Å². The molecule has 6 heteroatoms. The molecule has 2 aromatic heterocycles. The smallest absolute Gasteiger partial charge is 0.239 e. The number of hydrogen-bond donors (Lipinski definition) is 0. The summed E-state index contributed by atoms with van der Waals surface area (Å²) < 4.78 is 6.53. The van der Waals surface area contributed by atoms with E-state index in [-0.39, 0.29) is 5.91 Å². The number of carbonyl (C=O) groups is 1. The first-order valence-electron chi connectivity index (χ1n) is 8.57. The highest BCUT2D eigenvalue weighted by Crippen LogP contribution is 2.30. The summed E-state index contributed by atoms with van der Waals surface area (Å²) in [6, 6.07) is 19.8.